The molecule has 0 saturated carbocycles. The number of carbonyl (C=O) groups is 1. The first kappa shape index (κ1) is 16.2. The SMILES string of the molecule is Cc1nsc(C)c1C(=O)Nc1sc2c(c1C#N)C(C)C(C)CC2. The van der Waals surface area contributed by atoms with Crippen LogP contribution in [-0.4, -0.2) is 10.3 Å². The third-order valence-corrected chi connectivity index (χ3v) is 6.78. The molecule has 0 bridgehead atoms. The highest BCUT2D eigenvalue weighted by Gasteiger charge is 2.30. The zero-order valence-corrected chi connectivity index (χ0v) is 15.3. The second-order valence-corrected chi connectivity index (χ2v) is 8.30. The fourth-order valence-electron chi connectivity index (χ4n) is 3.22. The zero-order chi connectivity index (χ0) is 16.7. The van der Waals surface area contributed by atoms with E-state index in [0.717, 1.165) is 29.0 Å². The molecule has 1 aliphatic rings. The number of carbonyl (C=O) groups excluding carboxylic acids is 1. The molecule has 0 fully saturated rings. The van der Waals surface area contributed by atoms with Gasteiger partial charge >= 0.3 is 0 Å². The molecular formula is C17H19N3OS2. The van der Waals surface area contributed by atoms with Gasteiger partial charge in [0.1, 0.15) is 11.1 Å². The molecule has 2 aromatic heterocycles. The van der Waals surface area contributed by atoms with Crippen LogP contribution in [0.5, 0.6) is 0 Å². The first-order chi connectivity index (χ1) is 10.9. The van der Waals surface area contributed by atoms with E-state index in [0.29, 0.717) is 28.0 Å². The first-order valence-corrected chi connectivity index (χ1v) is 9.32. The molecule has 1 aliphatic carbocycles. The molecule has 3 rings (SSSR count). The topological polar surface area (TPSA) is 65.8 Å². The minimum Gasteiger partial charge on any atom is -0.312 e. The van der Waals surface area contributed by atoms with Crippen LogP contribution in [0.3, 0.4) is 0 Å². The number of thiophene rings is 1. The van der Waals surface area contributed by atoms with Crippen LogP contribution in [-0.2, 0) is 6.42 Å². The van der Waals surface area contributed by atoms with Crippen molar-refractivity contribution in [1.29, 1.82) is 5.26 Å². The lowest BCUT2D eigenvalue weighted by Crippen LogP contribution is -2.15. The molecule has 1 N–H and O–H groups in total. The van der Waals surface area contributed by atoms with Crippen molar-refractivity contribution in [2.75, 3.05) is 5.32 Å². The number of nitrogens with zero attached hydrogens (tertiary/aromatic N) is 2. The van der Waals surface area contributed by atoms with Gasteiger partial charge in [-0.2, -0.15) is 9.64 Å². The number of aryl methyl sites for hydroxylation is 3. The van der Waals surface area contributed by atoms with Crippen LogP contribution < -0.4 is 5.32 Å². The summed E-state index contributed by atoms with van der Waals surface area (Å²) in [5.74, 6) is 0.768. The molecule has 2 aromatic rings. The Morgan fingerprint density at radius 2 is 2.13 bits per heavy atom. The summed E-state index contributed by atoms with van der Waals surface area (Å²) in [6.07, 6.45) is 2.13. The summed E-state index contributed by atoms with van der Waals surface area (Å²) < 4.78 is 4.23. The van der Waals surface area contributed by atoms with E-state index >= 15 is 0 Å². The van der Waals surface area contributed by atoms with Gasteiger partial charge in [-0.25, -0.2) is 0 Å². The molecule has 0 spiro atoms. The number of fused-ring (bicyclic) bond motifs is 1. The van der Waals surface area contributed by atoms with Crippen LogP contribution in [0.15, 0.2) is 0 Å². The van der Waals surface area contributed by atoms with Crippen molar-refractivity contribution in [3.8, 4) is 6.07 Å². The summed E-state index contributed by atoms with van der Waals surface area (Å²) in [5.41, 5.74) is 3.16. The zero-order valence-electron chi connectivity index (χ0n) is 13.7. The maximum Gasteiger partial charge on any atom is 0.259 e. The maximum absolute atomic E-state index is 12.6. The van der Waals surface area contributed by atoms with Gasteiger partial charge < -0.3 is 5.32 Å². The molecule has 6 heteroatoms. The monoisotopic (exact) mass is 345 g/mol. The third-order valence-electron chi connectivity index (χ3n) is 4.76. The second kappa shape index (κ2) is 6.06. The summed E-state index contributed by atoms with van der Waals surface area (Å²) in [4.78, 5) is 14.8. The maximum atomic E-state index is 12.6. The lowest BCUT2D eigenvalue weighted by molar-refractivity contribution is 0.102. The highest BCUT2D eigenvalue weighted by molar-refractivity contribution is 7.16. The Kier molecular flexibility index (Phi) is 4.26. The van der Waals surface area contributed by atoms with Gasteiger partial charge in [-0.15, -0.1) is 11.3 Å². The lowest BCUT2D eigenvalue weighted by Gasteiger charge is -2.26. The standard InChI is InChI=1S/C17H19N3OS2/c1-8-5-6-13-14(9(8)2)12(7-18)17(22-13)19-16(21)15-10(3)20-23-11(15)4/h8-9H,5-6H2,1-4H3,(H,19,21). The largest absolute Gasteiger partial charge is 0.312 e. The number of rotatable bonds is 2. The fraction of sp³-hybridized carbons (Fsp3) is 0.471. The van der Waals surface area contributed by atoms with Crippen molar-refractivity contribution in [3.63, 3.8) is 0 Å². The van der Waals surface area contributed by atoms with E-state index in [4.69, 9.17) is 0 Å². The van der Waals surface area contributed by atoms with Crippen LogP contribution in [0.4, 0.5) is 5.00 Å². The van der Waals surface area contributed by atoms with E-state index in [1.165, 1.54) is 16.4 Å². The number of hydrogen-bond acceptors (Lipinski definition) is 5. The van der Waals surface area contributed by atoms with E-state index in [2.05, 4.69) is 29.6 Å². The molecule has 1 amide bonds. The number of nitriles is 1. The van der Waals surface area contributed by atoms with Gasteiger partial charge in [0.05, 0.1) is 16.8 Å². The van der Waals surface area contributed by atoms with Gasteiger partial charge in [-0.3, -0.25) is 4.79 Å². The Bertz CT molecular complexity index is 793. The van der Waals surface area contributed by atoms with E-state index in [1.807, 2.05) is 13.8 Å². The van der Waals surface area contributed by atoms with Crippen LogP contribution in [0.1, 0.15) is 63.1 Å². The lowest BCUT2D eigenvalue weighted by atomic mass is 9.79. The predicted octanol–water partition coefficient (Wildman–Crippen LogP) is 4.63. The van der Waals surface area contributed by atoms with Crippen molar-refractivity contribution in [2.45, 2.75) is 46.5 Å². The van der Waals surface area contributed by atoms with E-state index in [-0.39, 0.29) is 5.91 Å². The Labute approximate surface area is 144 Å². The molecule has 0 aliphatic heterocycles. The summed E-state index contributed by atoms with van der Waals surface area (Å²) >= 11 is 2.89. The Balaban J connectivity index is 1.98. The number of hydrogen-bond donors (Lipinski definition) is 1. The van der Waals surface area contributed by atoms with Crippen LogP contribution in [0.2, 0.25) is 0 Å². The number of nitrogens with one attached hydrogen (secondary N) is 1. The quantitative estimate of drug-likeness (QED) is 0.863. The van der Waals surface area contributed by atoms with Crippen molar-refractivity contribution >= 4 is 33.8 Å². The average molecular weight is 345 g/mol. The minimum atomic E-state index is -0.162. The first-order valence-electron chi connectivity index (χ1n) is 7.73. The average Bonchev–Trinajstić information content (AvgIpc) is 3.03. The van der Waals surface area contributed by atoms with Gasteiger partial charge in [0.15, 0.2) is 0 Å². The normalized spacial score (nSPS) is 20.0. The Hall–Kier alpha value is -1.71. The van der Waals surface area contributed by atoms with Crippen molar-refractivity contribution in [2.24, 2.45) is 5.92 Å². The van der Waals surface area contributed by atoms with Gasteiger partial charge in [-0.05, 0) is 55.6 Å². The molecule has 23 heavy (non-hydrogen) atoms. The van der Waals surface area contributed by atoms with Gasteiger partial charge in [-0.1, -0.05) is 13.8 Å². The van der Waals surface area contributed by atoms with Crippen molar-refractivity contribution < 1.29 is 4.79 Å². The van der Waals surface area contributed by atoms with Crippen LogP contribution >= 0.6 is 22.9 Å². The van der Waals surface area contributed by atoms with Gasteiger partial charge in [0.25, 0.3) is 5.91 Å². The summed E-state index contributed by atoms with van der Waals surface area (Å²) in [6.45, 7) is 8.15. The highest BCUT2D eigenvalue weighted by atomic mass is 32.1. The fourth-order valence-corrected chi connectivity index (χ4v) is 5.19. The Morgan fingerprint density at radius 1 is 1.39 bits per heavy atom. The second-order valence-electron chi connectivity index (χ2n) is 6.21. The molecule has 2 atom stereocenters. The Morgan fingerprint density at radius 3 is 2.74 bits per heavy atom. The molecule has 0 saturated heterocycles. The van der Waals surface area contributed by atoms with Crippen molar-refractivity contribution in [1.82, 2.24) is 4.37 Å². The molecular weight excluding hydrogens is 326 g/mol. The molecule has 0 radical (unpaired) electrons. The van der Waals surface area contributed by atoms with Crippen LogP contribution in [0, 0.1) is 31.1 Å². The smallest absolute Gasteiger partial charge is 0.259 e. The number of anilines is 1. The van der Waals surface area contributed by atoms with E-state index < -0.39 is 0 Å². The summed E-state index contributed by atoms with van der Waals surface area (Å²) in [6, 6.07) is 2.32. The van der Waals surface area contributed by atoms with E-state index in [9.17, 15) is 10.1 Å². The highest BCUT2D eigenvalue weighted by Crippen LogP contribution is 2.45. The molecule has 0 aromatic carbocycles. The molecule has 120 valence electrons. The number of amides is 1. The molecule has 2 heterocycles. The van der Waals surface area contributed by atoms with Crippen LogP contribution in [0.25, 0.3) is 0 Å². The summed E-state index contributed by atoms with van der Waals surface area (Å²) in [5, 5.41) is 13.3. The van der Waals surface area contributed by atoms with Crippen molar-refractivity contribution in [3.05, 3.63) is 32.1 Å². The van der Waals surface area contributed by atoms with Gasteiger partial charge in [0.2, 0.25) is 0 Å². The van der Waals surface area contributed by atoms with E-state index in [1.54, 1.807) is 11.3 Å². The third kappa shape index (κ3) is 2.68. The number of aromatic nitrogens is 1. The summed E-state index contributed by atoms with van der Waals surface area (Å²) in [7, 11) is 0. The predicted molar refractivity (Wildman–Crippen MR) is 94.5 cm³/mol. The minimum absolute atomic E-state index is 0.162. The molecule has 2 unspecified atom stereocenters. The molecule has 4 nitrogen and oxygen atoms in total. The van der Waals surface area contributed by atoms with Gasteiger partial charge in [0, 0.05) is 9.75 Å².